The first kappa shape index (κ1) is 18.2. The van der Waals surface area contributed by atoms with E-state index in [1.807, 2.05) is 24.3 Å². The third-order valence-electron chi connectivity index (χ3n) is 6.76. The summed E-state index contributed by atoms with van der Waals surface area (Å²) in [6.07, 6.45) is 8.96. The Kier molecular flexibility index (Phi) is 4.08. The van der Waals surface area contributed by atoms with E-state index < -0.39 is 10.0 Å². The van der Waals surface area contributed by atoms with Crippen LogP contribution >= 0.6 is 0 Å². The number of benzene rings is 1. The van der Waals surface area contributed by atoms with Crippen LogP contribution in [0.4, 0.5) is 0 Å². The van der Waals surface area contributed by atoms with E-state index >= 15 is 0 Å². The molecule has 2 aliphatic heterocycles. The van der Waals surface area contributed by atoms with E-state index in [1.165, 1.54) is 11.1 Å². The van der Waals surface area contributed by atoms with Gasteiger partial charge in [-0.15, -0.1) is 10.2 Å². The molecule has 0 amide bonds. The molecule has 0 N–H and O–H groups in total. The second-order valence-electron chi connectivity index (χ2n) is 8.50. The van der Waals surface area contributed by atoms with Crippen LogP contribution in [0.3, 0.4) is 0 Å². The van der Waals surface area contributed by atoms with Gasteiger partial charge in [0, 0.05) is 43.0 Å². The Morgan fingerprint density at radius 2 is 1.87 bits per heavy atom. The Balaban J connectivity index is 1.38. The van der Waals surface area contributed by atoms with Gasteiger partial charge in [0.1, 0.15) is 5.82 Å². The van der Waals surface area contributed by atoms with Gasteiger partial charge < -0.3 is 4.57 Å². The van der Waals surface area contributed by atoms with Crippen LogP contribution in [0.5, 0.6) is 0 Å². The summed E-state index contributed by atoms with van der Waals surface area (Å²) < 4.78 is 31.3. The number of aromatic nitrogens is 4. The van der Waals surface area contributed by atoms with Gasteiger partial charge in [-0.25, -0.2) is 8.42 Å². The molecule has 0 saturated carbocycles. The highest BCUT2D eigenvalue weighted by Gasteiger charge is 2.45. The molecule has 3 aliphatic rings. The summed E-state index contributed by atoms with van der Waals surface area (Å²) in [7, 11) is -3.56. The molecule has 0 radical (unpaired) electrons. The number of rotatable bonds is 3. The van der Waals surface area contributed by atoms with Crippen LogP contribution in [0.25, 0.3) is 11.4 Å². The van der Waals surface area contributed by atoms with Crippen molar-refractivity contribution in [1.82, 2.24) is 24.1 Å². The number of sulfonamides is 1. The molecule has 1 aliphatic carbocycles. The maximum Gasteiger partial charge on any atom is 0.243 e. The summed E-state index contributed by atoms with van der Waals surface area (Å²) in [6, 6.07) is 9.40. The lowest BCUT2D eigenvalue weighted by Gasteiger charge is -2.27. The topological polar surface area (TPSA) is 81.0 Å². The highest BCUT2D eigenvalue weighted by molar-refractivity contribution is 7.89. The molecule has 30 heavy (non-hydrogen) atoms. The first-order valence-corrected chi connectivity index (χ1v) is 12.0. The van der Waals surface area contributed by atoms with E-state index in [2.05, 4.69) is 19.7 Å². The van der Waals surface area contributed by atoms with Gasteiger partial charge in [-0.1, -0.05) is 6.07 Å². The largest absolute Gasteiger partial charge is 0.309 e. The summed E-state index contributed by atoms with van der Waals surface area (Å²) >= 11 is 0. The highest BCUT2D eigenvalue weighted by Crippen LogP contribution is 2.38. The summed E-state index contributed by atoms with van der Waals surface area (Å²) in [4.78, 5) is 4.63. The second-order valence-corrected chi connectivity index (χ2v) is 10.3. The van der Waals surface area contributed by atoms with Crippen LogP contribution in [0, 0.1) is 0 Å². The molecule has 6 rings (SSSR count). The average Bonchev–Trinajstić information content (AvgIpc) is 3.45. The third-order valence-corrected chi connectivity index (χ3v) is 8.76. The van der Waals surface area contributed by atoms with Crippen molar-refractivity contribution in [2.45, 2.75) is 62.0 Å². The van der Waals surface area contributed by atoms with Gasteiger partial charge in [-0.3, -0.25) is 4.98 Å². The van der Waals surface area contributed by atoms with Crippen molar-refractivity contribution >= 4 is 10.0 Å². The van der Waals surface area contributed by atoms with Crippen LogP contribution in [0.1, 0.15) is 36.2 Å². The maximum absolute atomic E-state index is 13.7. The molecule has 2 bridgehead atoms. The zero-order chi connectivity index (χ0) is 20.3. The Morgan fingerprint density at radius 3 is 2.73 bits per heavy atom. The van der Waals surface area contributed by atoms with E-state index in [0.29, 0.717) is 17.9 Å². The van der Waals surface area contributed by atoms with Crippen molar-refractivity contribution in [3.05, 3.63) is 59.7 Å². The van der Waals surface area contributed by atoms with E-state index in [-0.39, 0.29) is 12.1 Å². The molecular weight excluding hydrogens is 398 g/mol. The molecule has 154 valence electrons. The predicted molar refractivity (Wildman–Crippen MR) is 111 cm³/mol. The van der Waals surface area contributed by atoms with E-state index in [9.17, 15) is 8.42 Å². The number of nitrogens with zero attached hydrogens (tertiary/aromatic N) is 5. The van der Waals surface area contributed by atoms with Gasteiger partial charge >= 0.3 is 0 Å². The fraction of sp³-hybridized carbons (Fsp3) is 0.409. The lowest BCUT2D eigenvalue weighted by Crippen LogP contribution is -2.42. The lowest BCUT2D eigenvalue weighted by atomic mass is 10.1. The zero-order valence-corrected chi connectivity index (χ0v) is 17.4. The Morgan fingerprint density at radius 1 is 1.00 bits per heavy atom. The summed E-state index contributed by atoms with van der Waals surface area (Å²) in [6.45, 7) is 0.577. The molecule has 4 heterocycles. The number of aryl methyl sites for hydroxylation is 2. The van der Waals surface area contributed by atoms with E-state index in [1.54, 1.807) is 22.8 Å². The monoisotopic (exact) mass is 421 g/mol. The average molecular weight is 422 g/mol. The molecule has 2 atom stereocenters. The van der Waals surface area contributed by atoms with Crippen molar-refractivity contribution in [2.75, 3.05) is 0 Å². The molecule has 1 fully saturated rings. The smallest absolute Gasteiger partial charge is 0.243 e. The molecule has 2 aromatic heterocycles. The first-order chi connectivity index (χ1) is 14.6. The Hall–Kier alpha value is -2.58. The fourth-order valence-electron chi connectivity index (χ4n) is 5.33. The van der Waals surface area contributed by atoms with E-state index in [0.717, 1.165) is 49.3 Å². The van der Waals surface area contributed by atoms with Crippen LogP contribution in [-0.2, 0) is 35.8 Å². The molecule has 0 spiro atoms. The quantitative estimate of drug-likeness (QED) is 0.649. The molecule has 3 aromatic rings. The SMILES string of the molecule is O=S(=O)(c1ccc2c(c1)CCC2)N1[C@@H]2CC[C@H]1Cc1nnc(-c3cccnc3)n1C2. The summed E-state index contributed by atoms with van der Waals surface area (Å²) in [5.41, 5.74) is 3.39. The van der Waals surface area contributed by atoms with Gasteiger partial charge in [0.05, 0.1) is 4.90 Å². The van der Waals surface area contributed by atoms with Crippen molar-refractivity contribution in [3.8, 4) is 11.4 Å². The highest BCUT2D eigenvalue weighted by atomic mass is 32.2. The number of hydrogen-bond acceptors (Lipinski definition) is 5. The number of hydrogen-bond donors (Lipinski definition) is 0. The predicted octanol–water partition coefficient (Wildman–Crippen LogP) is 2.61. The van der Waals surface area contributed by atoms with Gasteiger partial charge in [0.25, 0.3) is 0 Å². The van der Waals surface area contributed by atoms with Crippen LogP contribution in [0.2, 0.25) is 0 Å². The molecule has 1 aromatic carbocycles. The Bertz CT molecular complexity index is 1220. The normalized spacial score (nSPS) is 23.2. The lowest BCUT2D eigenvalue weighted by molar-refractivity contribution is 0.316. The Labute approximate surface area is 175 Å². The standard InChI is InChI=1S/C22H23N5O2S/c28-30(29,20-9-6-15-3-1-4-16(15)11-20)27-18-7-8-19(27)14-26-21(12-18)24-25-22(26)17-5-2-10-23-13-17/h2,5-6,9-11,13,18-19H,1,3-4,7-8,12,14H2/t18-,19+/m0/s1. The van der Waals surface area contributed by atoms with Crippen LogP contribution < -0.4 is 0 Å². The molecule has 8 heteroatoms. The second kappa shape index (κ2) is 6.72. The van der Waals surface area contributed by atoms with Crippen LogP contribution in [0.15, 0.2) is 47.6 Å². The molecular formula is C22H23N5O2S. The zero-order valence-electron chi connectivity index (χ0n) is 16.6. The van der Waals surface area contributed by atoms with Gasteiger partial charge in [0.2, 0.25) is 10.0 Å². The minimum atomic E-state index is -3.56. The fourth-order valence-corrected chi connectivity index (χ4v) is 7.24. The van der Waals surface area contributed by atoms with Crippen molar-refractivity contribution in [3.63, 3.8) is 0 Å². The number of fused-ring (bicyclic) bond motifs is 4. The summed E-state index contributed by atoms with van der Waals surface area (Å²) in [5.74, 6) is 1.62. The van der Waals surface area contributed by atoms with E-state index in [4.69, 9.17) is 0 Å². The third kappa shape index (κ3) is 2.74. The minimum Gasteiger partial charge on any atom is -0.309 e. The minimum absolute atomic E-state index is 0.0690. The maximum atomic E-state index is 13.7. The van der Waals surface area contributed by atoms with Gasteiger partial charge in [-0.05, 0) is 67.5 Å². The first-order valence-electron chi connectivity index (χ1n) is 10.6. The molecule has 0 unspecified atom stereocenters. The van der Waals surface area contributed by atoms with Gasteiger partial charge in [0.15, 0.2) is 5.82 Å². The van der Waals surface area contributed by atoms with Crippen molar-refractivity contribution in [2.24, 2.45) is 0 Å². The molecule has 7 nitrogen and oxygen atoms in total. The summed E-state index contributed by atoms with van der Waals surface area (Å²) in [5, 5.41) is 8.81. The molecule has 1 saturated heterocycles. The van der Waals surface area contributed by atoms with Gasteiger partial charge in [-0.2, -0.15) is 4.31 Å². The van der Waals surface area contributed by atoms with Crippen molar-refractivity contribution < 1.29 is 8.42 Å². The van der Waals surface area contributed by atoms with Crippen LogP contribution in [-0.4, -0.2) is 44.6 Å². The van der Waals surface area contributed by atoms with Crippen molar-refractivity contribution in [1.29, 1.82) is 0 Å². The number of pyridine rings is 1.